The second-order valence-electron chi connectivity index (χ2n) is 7.17. The summed E-state index contributed by atoms with van der Waals surface area (Å²) in [5.74, 6) is 0.347. The second kappa shape index (κ2) is 8.18. The first-order chi connectivity index (χ1) is 11.2. The molecule has 0 spiro atoms. The van der Waals surface area contributed by atoms with Gasteiger partial charge in [-0.2, -0.15) is 0 Å². The molecule has 2 amide bonds. The van der Waals surface area contributed by atoms with Crippen LogP contribution < -0.4 is 5.32 Å². The number of piperidine rings is 1. The van der Waals surface area contributed by atoms with Gasteiger partial charge in [-0.15, -0.1) is 0 Å². The zero-order chi connectivity index (χ0) is 17.7. The molecule has 0 radical (unpaired) electrons. The largest absolute Gasteiger partial charge is 0.444 e. The van der Waals surface area contributed by atoms with Crippen LogP contribution in [0.5, 0.6) is 0 Å². The van der Waals surface area contributed by atoms with Gasteiger partial charge in [-0.05, 0) is 86.4 Å². The van der Waals surface area contributed by atoms with Crippen molar-refractivity contribution in [2.75, 3.05) is 18.4 Å². The van der Waals surface area contributed by atoms with E-state index in [0.29, 0.717) is 25.4 Å². The van der Waals surface area contributed by atoms with Crippen molar-refractivity contribution in [1.29, 1.82) is 0 Å². The van der Waals surface area contributed by atoms with Gasteiger partial charge in [0, 0.05) is 28.8 Å². The SMILES string of the molecule is CC(C)(C)OC(=O)N1CCC(CC(=O)Nc2ccc(I)cc2)CC1. The van der Waals surface area contributed by atoms with Gasteiger partial charge in [0.25, 0.3) is 0 Å². The Balaban J connectivity index is 1.75. The fraction of sp³-hybridized carbons (Fsp3) is 0.556. The van der Waals surface area contributed by atoms with E-state index in [1.807, 2.05) is 45.0 Å². The van der Waals surface area contributed by atoms with Crippen molar-refractivity contribution >= 4 is 40.3 Å². The van der Waals surface area contributed by atoms with Crippen molar-refractivity contribution in [3.8, 4) is 0 Å². The molecule has 0 unspecified atom stereocenters. The summed E-state index contributed by atoms with van der Waals surface area (Å²) in [5, 5.41) is 2.93. The van der Waals surface area contributed by atoms with Crippen LogP contribution in [0, 0.1) is 9.49 Å². The summed E-state index contributed by atoms with van der Waals surface area (Å²) in [6.45, 7) is 6.90. The van der Waals surface area contributed by atoms with Gasteiger partial charge >= 0.3 is 6.09 Å². The van der Waals surface area contributed by atoms with Crippen LogP contribution in [0.15, 0.2) is 24.3 Å². The third-order valence-corrected chi connectivity index (χ3v) is 4.59. The van der Waals surface area contributed by atoms with Crippen LogP contribution in [0.4, 0.5) is 10.5 Å². The van der Waals surface area contributed by atoms with E-state index in [9.17, 15) is 9.59 Å². The molecule has 24 heavy (non-hydrogen) atoms. The summed E-state index contributed by atoms with van der Waals surface area (Å²) in [6.07, 6.45) is 1.90. The molecule has 0 atom stereocenters. The molecule has 1 heterocycles. The van der Waals surface area contributed by atoms with Gasteiger partial charge < -0.3 is 15.0 Å². The number of hydrogen-bond acceptors (Lipinski definition) is 3. The molecule has 6 heteroatoms. The molecule has 0 aromatic heterocycles. The predicted octanol–water partition coefficient (Wildman–Crippen LogP) is 4.27. The number of ether oxygens (including phenoxy) is 1. The van der Waals surface area contributed by atoms with E-state index in [1.54, 1.807) is 4.90 Å². The van der Waals surface area contributed by atoms with Gasteiger partial charge in [0.2, 0.25) is 5.91 Å². The van der Waals surface area contributed by atoms with Crippen molar-refractivity contribution in [3.63, 3.8) is 0 Å². The maximum Gasteiger partial charge on any atom is 0.410 e. The highest BCUT2D eigenvalue weighted by Gasteiger charge is 2.27. The third kappa shape index (κ3) is 6.30. The molecule has 1 aliphatic heterocycles. The van der Waals surface area contributed by atoms with Crippen LogP contribution in [0.25, 0.3) is 0 Å². The molecular formula is C18H25IN2O3. The van der Waals surface area contributed by atoms with Crippen LogP contribution in [0.1, 0.15) is 40.0 Å². The van der Waals surface area contributed by atoms with Crippen molar-refractivity contribution in [2.24, 2.45) is 5.92 Å². The zero-order valence-corrected chi connectivity index (χ0v) is 16.6. The number of halogens is 1. The van der Waals surface area contributed by atoms with Crippen LogP contribution in [0.3, 0.4) is 0 Å². The minimum Gasteiger partial charge on any atom is -0.444 e. The smallest absolute Gasteiger partial charge is 0.410 e. The van der Waals surface area contributed by atoms with Crippen molar-refractivity contribution in [2.45, 2.75) is 45.6 Å². The second-order valence-corrected chi connectivity index (χ2v) is 8.42. The lowest BCUT2D eigenvalue weighted by Crippen LogP contribution is -2.42. The average molecular weight is 444 g/mol. The van der Waals surface area contributed by atoms with Gasteiger partial charge in [-0.25, -0.2) is 4.79 Å². The third-order valence-electron chi connectivity index (χ3n) is 3.87. The molecule has 1 saturated heterocycles. The molecule has 0 aliphatic carbocycles. The van der Waals surface area contributed by atoms with E-state index in [4.69, 9.17) is 4.74 Å². The molecule has 1 aromatic carbocycles. The fourth-order valence-corrected chi connectivity index (χ4v) is 3.01. The molecule has 1 fully saturated rings. The molecule has 132 valence electrons. The Morgan fingerprint density at radius 1 is 1.21 bits per heavy atom. The molecular weight excluding hydrogens is 419 g/mol. The Labute approximate surface area is 157 Å². The Hall–Kier alpha value is -1.31. The number of carbonyl (C=O) groups excluding carboxylic acids is 2. The summed E-state index contributed by atoms with van der Waals surface area (Å²) in [6, 6.07) is 7.75. The zero-order valence-electron chi connectivity index (χ0n) is 14.5. The molecule has 1 aliphatic rings. The van der Waals surface area contributed by atoms with E-state index in [1.165, 1.54) is 0 Å². The van der Waals surface area contributed by atoms with Crippen molar-refractivity contribution in [3.05, 3.63) is 27.8 Å². The lowest BCUT2D eigenvalue weighted by Gasteiger charge is -2.33. The first kappa shape index (κ1) is 19.0. The van der Waals surface area contributed by atoms with Crippen molar-refractivity contribution in [1.82, 2.24) is 4.90 Å². The summed E-state index contributed by atoms with van der Waals surface area (Å²) in [5.41, 5.74) is 0.355. The first-order valence-corrected chi connectivity index (χ1v) is 9.34. The summed E-state index contributed by atoms with van der Waals surface area (Å²) in [4.78, 5) is 25.9. The number of hydrogen-bond donors (Lipinski definition) is 1. The Bertz CT molecular complexity index is 573. The lowest BCUT2D eigenvalue weighted by molar-refractivity contribution is -0.117. The van der Waals surface area contributed by atoms with E-state index in [-0.39, 0.29) is 12.0 Å². The minimum absolute atomic E-state index is 0.0342. The number of likely N-dealkylation sites (tertiary alicyclic amines) is 1. The number of rotatable bonds is 3. The normalized spacial score (nSPS) is 15.9. The monoisotopic (exact) mass is 444 g/mol. The molecule has 0 saturated carbocycles. The Kier molecular flexibility index (Phi) is 6.48. The first-order valence-electron chi connectivity index (χ1n) is 8.26. The van der Waals surface area contributed by atoms with Crippen LogP contribution in [-0.4, -0.2) is 35.6 Å². The molecule has 1 N–H and O–H groups in total. The number of benzene rings is 1. The predicted molar refractivity (Wildman–Crippen MR) is 103 cm³/mol. The quantitative estimate of drug-likeness (QED) is 0.709. The van der Waals surface area contributed by atoms with Crippen LogP contribution >= 0.6 is 22.6 Å². The van der Waals surface area contributed by atoms with Crippen LogP contribution in [0.2, 0.25) is 0 Å². The number of nitrogens with zero attached hydrogens (tertiary/aromatic N) is 1. The van der Waals surface area contributed by atoms with Gasteiger partial charge in [-0.3, -0.25) is 4.79 Å². The lowest BCUT2D eigenvalue weighted by atomic mass is 9.93. The summed E-state index contributed by atoms with van der Waals surface area (Å²) >= 11 is 2.23. The highest BCUT2D eigenvalue weighted by Crippen LogP contribution is 2.23. The topological polar surface area (TPSA) is 58.6 Å². The van der Waals surface area contributed by atoms with E-state index < -0.39 is 5.60 Å². The fourth-order valence-electron chi connectivity index (χ4n) is 2.65. The number of nitrogens with one attached hydrogen (secondary N) is 1. The van der Waals surface area contributed by atoms with E-state index in [0.717, 1.165) is 22.1 Å². The average Bonchev–Trinajstić information content (AvgIpc) is 2.48. The van der Waals surface area contributed by atoms with Gasteiger partial charge in [0.15, 0.2) is 0 Å². The molecule has 1 aromatic rings. The maximum absolute atomic E-state index is 12.2. The van der Waals surface area contributed by atoms with Gasteiger partial charge in [0.05, 0.1) is 0 Å². The highest BCUT2D eigenvalue weighted by molar-refractivity contribution is 14.1. The standard InChI is InChI=1S/C18H25IN2O3/c1-18(2,3)24-17(23)21-10-8-13(9-11-21)12-16(22)20-15-6-4-14(19)5-7-15/h4-7,13H,8-12H2,1-3H3,(H,20,22). The summed E-state index contributed by atoms with van der Waals surface area (Å²) < 4.78 is 6.53. The number of anilines is 1. The Morgan fingerprint density at radius 3 is 2.33 bits per heavy atom. The highest BCUT2D eigenvalue weighted by atomic mass is 127. The van der Waals surface area contributed by atoms with Crippen molar-refractivity contribution < 1.29 is 14.3 Å². The maximum atomic E-state index is 12.2. The molecule has 0 bridgehead atoms. The molecule has 5 nitrogen and oxygen atoms in total. The van der Waals surface area contributed by atoms with E-state index >= 15 is 0 Å². The van der Waals surface area contributed by atoms with Crippen LogP contribution in [-0.2, 0) is 9.53 Å². The number of carbonyl (C=O) groups is 2. The van der Waals surface area contributed by atoms with Gasteiger partial charge in [-0.1, -0.05) is 0 Å². The summed E-state index contributed by atoms with van der Waals surface area (Å²) in [7, 11) is 0. The minimum atomic E-state index is -0.471. The van der Waals surface area contributed by atoms with Gasteiger partial charge in [0.1, 0.15) is 5.60 Å². The number of amides is 2. The Morgan fingerprint density at radius 2 is 1.79 bits per heavy atom. The van der Waals surface area contributed by atoms with E-state index in [2.05, 4.69) is 27.9 Å². The molecule has 2 rings (SSSR count).